The van der Waals surface area contributed by atoms with E-state index in [0.29, 0.717) is 34.6 Å². The van der Waals surface area contributed by atoms with Crippen molar-refractivity contribution in [2.24, 2.45) is 17.1 Å². The maximum absolute atomic E-state index is 12.1. The quantitative estimate of drug-likeness (QED) is 0.792. The maximum atomic E-state index is 12.1. The van der Waals surface area contributed by atoms with Crippen LogP contribution < -0.4 is 11.1 Å². The van der Waals surface area contributed by atoms with Gasteiger partial charge >= 0.3 is 0 Å². The average molecular weight is 331 g/mol. The van der Waals surface area contributed by atoms with Crippen molar-refractivity contribution in [3.8, 4) is 0 Å². The number of benzene rings is 1. The molecule has 1 unspecified atom stereocenters. The highest BCUT2D eigenvalue weighted by atomic mass is 35.5. The Morgan fingerprint density at radius 1 is 1.29 bits per heavy atom. The zero-order valence-corrected chi connectivity index (χ0v) is 14.4. The van der Waals surface area contributed by atoms with Crippen molar-refractivity contribution in [2.75, 3.05) is 11.9 Å². The Balaban J connectivity index is 2.57. The lowest BCUT2D eigenvalue weighted by atomic mass is 9.76. The van der Waals surface area contributed by atoms with E-state index >= 15 is 0 Å². The molecule has 0 heterocycles. The highest BCUT2D eigenvalue weighted by Gasteiger charge is 2.24. The Morgan fingerprint density at radius 3 is 2.48 bits per heavy atom. The molecule has 118 valence electrons. The Kier molecular flexibility index (Phi) is 6.98. The number of hydrogen-bond donors (Lipinski definition) is 2. The van der Waals surface area contributed by atoms with Gasteiger partial charge in [0, 0.05) is 11.4 Å². The Bertz CT molecular complexity index is 484. The SMILES string of the molecule is CC(C)(C)C(CCN)CCC(=O)Nc1ccc(Cl)cc1Cl. The van der Waals surface area contributed by atoms with E-state index in [9.17, 15) is 4.79 Å². The fourth-order valence-corrected chi connectivity index (χ4v) is 2.78. The molecule has 1 aromatic carbocycles. The van der Waals surface area contributed by atoms with Gasteiger partial charge in [-0.25, -0.2) is 0 Å². The second-order valence-electron chi connectivity index (χ2n) is 6.35. The Hall–Kier alpha value is -0.770. The van der Waals surface area contributed by atoms with Crippen LogP contribution in [0.2, 0.25) is 10.0 Å². The lowest BCUT2D eigenvalue weighted by Crippen LogP contribution is -2.25. The topological polar surface area (TPSA) is 55.1 Å². The molecule has 0 aliphatic carbocycles. The van der Waals surface area contributed by atoms with Crippen molar-refractivity contribution in [3.63, 3.8) is 0 Å². The molecule has 1 atom stereocenters. The van der Waals surface area contributed by atoms with E-state index in [4.69, 9.17) is 28.9 Å². The summed E-state index contributed by atoms with van der Waals surface area (Å²) in [7, 11) is 0. The van der Waals surface area contributed by atoms with E-state index in [0.717, 1.165) is 12.8 Å². The van der Waals surface area contributed by atoms with Crippen LogP contribution in [0.4, 0.5) is 5.69 Å². The molecule has 0 spiro atoms. The zero-order chi connectivity index (χ0) is 16.0. The molecule has 0 aliphatic rings. The molecule has 0 saturated heterocycles. The van der Waals surface area contributed by atoms with Gasteiger partial charge in [0.25, 0.3) is 0 Å². The van der Waals surface area contributed by atoms with Crippen LogP contribution in [0.15, 0.2) is 18.2 Å². The summed E-state index contributed by atoms with van der Waals surface area (Å²) >= 11 is 11.9. The monoisotopic (exact) mass is 330 g/mol. The van der Waals surface area contributed by atoms with E-state index < -0.39 is 0 Å². The summed E-state index contributed by atoms with van der Waals surface area (Å²) < 4.78 is 0. The van der Waals surface area contributed by atoms with Crippen LogP contribution >= 0.6 is 23.2 Å². The zero-order valence-electron chi connectivity index (χ0n) is 12.9. The maximum Gasteiger partial charge on any atom is 0.224 e. The first-order valence-electron chi connectivity index (χ1n) is 7.19. The van der Waals surface area contributed by atoms with Gasteiger partial charge in [-0.05, 0) is 48.9 Å². The number of halogens is 2. The van der Waals surface area contributed by atoms with Gasteiger partial charge in [-0.2, -0.15) is 0 Å². The molecule has 0 radical (unpaired) electrons. The lowest BCUT2D eigenvalue weighted by molar-refractivity contribution is -0.116. The second-order valence-corrected chi connectivity index (χ2v) is 7.19. The van der Waals surface area contributed by atoms with Crippen molar-refractivity contribution in [1.82, 2.24) is 0 Å². The fourth-order valence-electron chi connectivity index (χ4n) is 2.32. The van der Waals surface area contributed by atoms with Gasteiger partial charge in [-0.3, -0.25) is 4.79 Å². The van der Waals surface area contributed by atoms with Gasteiger partial charge in [0.2, 0.25) is 5.91 Å². The van der Waals surface area contributed by atoms with E-state index in [-0.39, 0.29) is 11.3 Å². The highest BCUT2D eigenvalue weighted by molar-refractivity contribution is 6.36. The Morgan fingerprint density at radius 2 is 1.95 bits per heavy atom. The number of carbonyl (C=O) groups excluding carboxylic acids is 1. The molecule has 3 N–H and O–H groups in total. The minimum Gasteiger partial charge on any atom is -0.330 e. The second kappa shape index (κ2) is 8.02. The van der Waals surface area contributed by atoms with Crippen molar-refractivity contribution >= 4 is 34.8 Å². The predicted octanol–water partition coefficient (Wildman–Crippen LogP) is 4.72. The molecular weight excluding hydrogens is 307 g/mol. The highest BCUT2D eigenvalue weighted by Crippen LogP contribution is 2.32. The largest absolute Gasteiger partial charge is 0.330 e. The predicted molar refractivity (Wildman–Crippen MR) is 90.9 cm³/mol. The summed E-state index contributed by atoms with van der Waals surface area (Å²) in [5.74, 6) is 0.388. The van der Waals surface area contributed by atoms with Crippen molar-refractivity contribution < 1.29 is 4.79 Å². The summed E-state index contributed by atoms with van der Waals surface area (Å²) in [4.78, 5) is 12.1. The van der Waals surface area contributed by atoms with Crippen molar-refractivity contribution in [3.05, 3.63) is 28.2 Å². The minimum absolute atomic E-state index is 0.0366. The molecule has 0 fully saturated rings. The van der Waals surface area contributed by atoms with Gasteiger partial charge in [0.05, 0.1) is 10.7 Å². The fraction of sp³-hybridized carbons (Fsp3) is 0.562. The molecule has 21 heavy (non-hydrogen) atoms. The molecule has 1 amide bonds. The van der Waals surface area contributed by atoms with Crippen LogP contribution in [-0.4, -0.2) is 12.5 Å². The average Bonchev–Trinajstić information content (AvgIpc) is 2.36. The molecule has 1 rings (SSSR count). The van der Waals surface area contributed by atoms with Crippen molar-refractivity contribution in [2.45, 2.75) is 40.0 Å². The van der Waals surface area contributed by atoms with Crippen LogP contribution in [0.5, 0.6) is 0 Å². The molecule has 0 saturated carbocycles. The number of carbonyl (C=O) groups is 1. The number of amides is 1. The third-order valence-corrected chi connectivity index (χ3v) is 4.21. The first-order valence-corrected chi connectivity index (χ1v) is 7.94. The van der Waals surface area contributed by atoms with Crippen LogP contribution in [0, 0.1) is 11.3 Å². The number of nitrogens with one attached hydrogen (secondary N) is 1. The Labute approximate surface area is 137 Å². The number of hydrogen-bond acceptors (Lipinski definition) is 2. The molecule has 0 aliphatic heterocycles. The summed E-state index contributed by atoms with van der Waals surface area (Å²) in [5, 5.41) is 3.82. The van der Waals surface area contributed by atoms with E-state index in [1.807, 2.05) is 0 Å². The van der Waals surface area contributed by atoms with Gasteiger partial charge in [0.1, 0.15) is 0 Å². The van der Waals surface area contributed by atoms with Crippen molar-refractivity contribution in [1.29, 1.82) is 0 Å². The first-order chi connectivity index (χ1) is 9.74. The van der Waals surface area contributed by atoms with E-state index in [2.05, 4.69) is 26.1 Å². The summed E-state index contributed by atoms with van der Waals surface area (Å²) in [5.41, 5.74) is 6.40. The lowest BCUT2D eigenvalue weighted by Gasteiger charge is -2.30. The standard InChI is InChI=1S/C16H24Cl2N2O/c1-16(2,3)11(8-9-19)4-7-15(21)20-14-6-5-12(17)10-13(14)18/h5-6,10-11H,4,7-9,19H2,1-3H3,(H,20,21). The first kappa shape index (κ1) is 18.3. The number of rotatable bonds is 6. The van der Waals surface area contributed by atoms with Gasteiger partial charge in [-0.1, -0.05) is 44.0 Å². The molecule has 1 aromatic rings. The van der Waals surface area contributed by atoms with Crippen LogP contribution in [0.25, 0.3) is 0 Å². The van der Waals surface area contributed by atoms with Crippen LogP contribution in [-0.2, 0) is 4.79 Å². The number of anilines is 1. The van der Waals surface area contributed by atoms with Gasteiger partial charge in [-0.15, -0.1) is 0 Å². The van der Waals surface area contributed by atoms with E-state index in [1.165, 1.54) is 0 Å². The molecular formula is C16H24Cl2N2O. The van der Waals surface area contributed by atoms with Gasteiger partial charge < -0.3 is 11.1 Å². The summed E-state index contributed by atoms with van der Waals surface area (Å²) in [6.07, 6.45) is 2.21. The molecule has 3 nitrogen and oxygen atoms in total. The van der Waals surface area contributed by atoms with Gasteiger partial charge in [0.15, 0.2) is 0 Å². The number of nitrogens with two attached hydrogens (primary N) is 1. The van der Waals surface area contributed by atoms with Crippen LogP contribution in [0.3, 0.4) is 0 Å². The third kappa shape index (κ3) is 6.25. The van der Waals surface area contributed by atoms with E-state index in [1.54, 1.807) is 18.2 Å². The molecule has 0 bridgehead atoms. The smallest absolute Gasteiger partial charge is 0.224 e. The minimum atomic E-state index is -0.0366. The third-order valence-electron chi connectivity index (χ3n) is 3.66. The summed E-state index contributed by atoms with van der Waals surface area (Å²) in [6, 6.07) is 5.03. The summed E-state index contributed by atoms with van der Waals surface area (Å²) in [6.45, 7) is 7.19. The van der Waals surface area contributed by atoms with Crippen LogP contribution in [0.1, 0.15) is 40.0 Å². The normalized spacial score (nSPS) is 13.0. The molecule has 5 heteroatoms. The molecule has 0 aromatic heterocycles.